The van der Waals surface area contributed by atoms with Gasteiger partial charge in [-0.15, -0.1) is 0 Å². The van der Waals surface area contributed by atoms with Crippen LogP contribution in [0.5, 0.6) is 0 Å². The Morgan fingerprint density at radius 2 is 2.50 bits per heavy atom. The molecule has 0 aliphatic carbocycles. The molecule has 0 saturated carbocycles. The van der Waals surface area contributed by atoms with Gasteiger partial charge in [0.2, 0.25) is 0 Å². The Balaban J connectivity index is 2.34. The summed E-state index contributed by atoms with van der Waals surface area (Å²) in [6.07, 6.45) is 4.16. The lowest BCUT2D eigenvalue weighted by atomic mass is 10.0. The summed E-state index contributed by atoms with van der Waals surface area (Å²) in [6, 6.07) is 2.37. The van der Waals surface area contributed by atoms with Crippen molar-refractivity contribution in [3.63, 3.8) is 0 Å². The fourth-order valence-electron chi connectivity index (χ4n) is 2.06. The Kier molecular flexibility index (Phi) is 1.52. The van der Waals surface area contributed by atoms with E-state index in [9.17, 15) is 4.79 Å². The average Bonchev–Trinajstić information content (AvgIpc) is 2.26. The minimum absolute atomic E-state index is 0.00250. The predicted octanol–water partition coefficient (Wildman–Crippen LogP) is 0.338. The van der Waals surface area contributed by atoms with Crippen molar-refractivity contribution in [2.24, 2.45) is 5.92 Å². The molecular formula is C9H10N2O. The Hall–Kier alpha value is -1.14. The van der Waals surface area contributed by atoms with E-state index in [-0.39, 0.29) is 23.8 Å². The van der Waals surface area contributed by atoms with Gasteiger partial charge < -0.3 is 0 Å². The van der Waals surface area contributed by atoms with Crippen LogP contribution in [0.15, 0.2) is 12.2 Å². The first-order valence-corrected chi connectivity index (χ1v) is 4.07. The van der Waals surface area contributed by atoms with Crippen molar-refractivity contribution in [1.82, 2.24) is 4.90 Å². The topological polar surface area (TPSA) is 44.1 Å². The van der Waals surface area contributed by atoms with Gasteiger partial charge in [-0.2, -0.15) is 5.26 Å². The van der Waals surface area contributed by atoms with Crippen LogP contribution in [-0.4, -0.2) is 29.8 Å². The second-order valence-corrected chi connectivity index (χ2v) is 3.40. The van der Waals surface area contributed by atoms with Gasteiger partial charge in [0.05, 0.1) is 18.0 Å². The average molecular weight is 162 g/mol. The molecule has 62 valence electrons. The Labute approximate surface area is 71.3 Å². The number of likely N-dealkylation sites (N-methyl/N-ethyl adjacent to an activating group) is 1. The van der Waals surface area contributed by atoms with Gasteiger partial charge >= 0.3 is 0 Å². The summed E-state index contributed by atoms with van der Waals surface area (Å²) in [5.74, 6) is 0.147. The summed E-state index contributed by atoms with van der Waals surface area (Å²) in [7, 11) is 1.91. The van der Waals surface area contributed by atoms with Crippen LogP contribution in [0.25, 0.3) is 0 Å². The zero-order valence-electron chi connectivity index (χ0n) is 6.90. The fourth-order valence-corrected chi connectivity index (χ4v) is 2.06. The van der Waals surface area contributed by atoms with E-state index < -0.39 is 0 Å². The second kappa shape index (κ2) is 2.43. The van der Waals surface area contributed by atoms with Crippen LogP contribution in [0, 0.1) is 17.2 Å². The molecular weight excluding hydrogens is 152 g/mol. The highest BCUT2D eigenvalue weighted by atomic mass is 16.1. The number of hydrogen-bond donors (Lipinski definition) is 0. The van der Waals surface area contributed by atoms with E-state index in [1.54, 1.807) is 6.08 Å². The standard InChI is InChI=1S/C9H10N2O/c1-11-7-2-3-9(12)8(11)4-6(7)5-10/h2-3,6-8H,4H2,1H3/t6-,7+,8+/m0/s1. The van der Waals surface area contributed by atoms with Crippen molar-refractivity contribution in [3.8, 4) is 6.07 Å². The Morgan fingerprint density at radius 1 is 1.75 bits per heavy atom. The lowest BCUT2D eigenvalue weighted by molar-refractivity contribution is -0.119. The fraction of sp³-hybridized carbons (Fsp3) is 0.556. The minimum atomic E-state index is -0.0374. The van der Waals surface area contributed by atoms with Crippen molar-refractivity contribution in [1.29, 1.82) is 5.26 Å². The SMILES string of the molecule is CN1[C@@H]2C[C@@H](C#N)[C@H]1C=CC2=O. The zero-order valence-corrected chi connectivity index (χ0v) is 6.90. The zero-order chi connectivity index (χ0) is 8.72. The maximum atomic E-state index is 11.3. The van der Waals surface area contributed by atoms with Gasteiger partial charge in [-0.1, -0.05) is 6.08 Å². The van der Waals surface area contributed by atoms with Crippen LogP contribution in [0.3, 0.4) is 0 Å². The highest BCUT2D eigenvalue weighted by Gasteiger charge is 2.42. The van der Waals surface area contributed by atoms with Crippen molar-refractivity contribution in [2.45, 2.75) is 18.5 Å². The van der Waals surface area contributed by atoms with Crippen LogP contribution in [0.2, 0.25) is 0 Å². The van der Waals surface area contributed by atoms with Gasteiger partial charge in [0.1, 0.15) is 0 Å². The number of hydrogen-bond acceptors (Lipinski definition) is 3. The van der Waals surface area contributed by atoms with Gasteiger partial charge in [0.25, 0.3) is 0 Å². The molecule has 2 rings (SSSR count). The summed E-state index contributed by atoms with van der Waals surface area (Å²) < 4.78 is 0. The maximum Gasteiger partial charge on any atom is 0.172 e. The number of fused-ring (bicyclic) bond motifs is 2. The van der Waals surface area contributed by atoms with E-state index in [1.807, 2.05) is 18.0 Å². The van der Waals surface area contributed by atoms with Crippen molar-refractivity contribution in [3.05, 3.63) is 12.2 Å². The number of carbonyl (C=O) groups is 1. The monoisotopic (exact) mass is 162 g/mol. The van der Waals surface area contributed by atoms with Crippen molar-refractivity contribution >= 4 is 5.78 Å². The molecule has 2 aliphatic rings. The van der Waals surface area contributed by atoms with Gasteiger partial charge in [-0.05, 0) is 19.5 Å². The van der Waals surface area contributed by atoms with Crippen LogP contribution in [-0.2, 0) is 4.79 Å². The number of nitriles is 1. The largest absolute Gasteiger partial charge is 0.293 e. The molecule has 2 bridgehead atoms. The summed E-state index contributed by atoms with van der Waals surface area (Å²) in [6.45, 7) is 0. The lowest BCUT2D eigenvalue weighted by Crippen LogP contribution is -2.39. The van der Waals surface area contributed by atoms with Gasteiger partial charge in [-0.3, -0.25) is 9.69 Å². The second-order valence-electron chi connectivity index (χ2n) is 3.40. The molecule has 0 unspecified atom stereocenters. The smallest absolute Gasteiger partial charge is 0.172 e. The third kappa shape index (κ3) is 0.819. The van der Waals surface area contributed by atoms with Crippen LogP contribution >= 0.6 is 0 Å². The van der Waals surface area contributed by atoms with Gasteiger partial charge in [0.15, 0.2) is 5.78 Å². The summed E-state index contributed by atoms with van der Waals surface area (Å²) >= 11 is 0. The Bertz CT molecular complexity index is 289. The normalized spacial score (nSPS) is 40.0. The molecule has 0 aromatic carbocycles. The van der Waals surface area contributed by atoms with Gasteiger partial charge in [-0.25, -0.2) is 0 Å². The number of carbonyl (C=O) groups excluding carboxylic acids is 1. The quantitative estimate of drug-likeness (QED) is 0.516. The number of ketones is 1. The first-order valence-electron chi connectivity index (χ1n) is 4.07. The molecule has 12 heavy (non-hydrogen) atoms. The number of nitrogens with zero attached hydrogens (tertiary/aromatic N) is 2. The van der Waals surface area contributed by atoms with Crippen LogP contribution in [0.1, 0.15) is 6.42 Å². The molecule has 2 aliphatic heterocycles. The molecule has 1 fully saturated rings. The maximum absolute atomic E-state index is 11.3. The molecule has 0 spiro atoms. The molecule has 0 amide bonds. The molecule has 3 atom stereocenters. The molecule has 3 nitrogen and oxygen atoms in total. The van der Waals surface area contributed by atoms with Crippen molar-refractivity contribution in [2.75, 3.05) is 7.05 Å². The first-order chi connectivity index (χ1) is 5.74. The van der Waals surface area contributed by atoms with E-state index in [4.69, 9.17) is 5.26 Å². The molecule has 0 radical (unpaired) electrons. The van der Waals surface area contributed by atoms with Gasteiger partial charge in [0, 0.05) is 6.04 Å². The number of rotatable bonds is 0. The Morgan fingerprint density at radius 3 is 3.08 bits per heavy atom. The van der Waals surface area contributed by atoms with Crippen LogP contribution < -0.4 is 0 Å². The molecule has 3 heteroatoms. The van der Waals surface area contributed by atoms with E-state index >= 15 is 0 Å². The molecule has 2 heterocycles. The predicted molar refractivity (Wildman–Crippen MR) is 43.2 cm³/mol. The highest BCUT2D eigenvalue weighted by Crippen LogP contribution is 2.32. The molecule has 0 aromatic heterocycles. The minimum Gasteiger partial charge on any atom is -0.293 e. The molecule has 1 saturated heterocycles. The molecule has 0 aromatic rings. The molecule has 0 N–H and O–H groups in total. The van der Waals surface area contributed by atoms with E-state index in [1.165, 1.54) is 0 Å². The van der Waals surface area contributed by atoms with Crippen molar-refractivity contribution < 1.29 is 4.79 Å². The van der Waals surface area contributed by atoms with E-state index in [0.717, 1.165) is 0 Å². The lowest BCUT2D eigenvalue weighted by Gasteiger charge is -2.25. The summed E-state index contributed by atoms with van der Waals surface area (Å²) in [5.41, 5.74) is 0. The van der Waals surface area contributed by atoms with E-state index in [2.05, 4.69) is 6.07 Å². The third-order valence-electron chi connectivity index (χ3n) is 2.80. The third-order valence-corrected chi connectivity index (χ3v) is 2.80. The first kappa shape index (κ1) is 7.51. The van der Waals surface area contributed by atoms with E-state index in [0.29, 0.717) is 6.42 Å². The summed E-state index contributed by atoms with van der Waals surface area (Å²) in [5, 5.41) is 8.80. The van der Waals surface area contributed by atoms with Crippen LogP contribution in [0.4, 0.5) is 0 Å². The summed E-state index contributed by atoms with van der Waals surface area (Å²) in [4.78, 5) is 13.3. The highest BCUT2D eigenvalue weighted by molar-refractivity contribution is 5.95.